The fourth-order valence-corrected chi connectivity index (χ4v) is 2.71. The van der Waals surface area contributed by atoms with E-state index in [1.807, 2.05) is 11.6 Å². The molecule has 3 nitrogen and oxygen atoms in total. The van der Waals surface area contributed by atoms with Gasteiger partial charge >= 0.3 is 0 Å². The van der Waals surface area contributed by atoms with Crippen molar-refractivity contribution in [2.24, 2.45) is 0 Å². The van der Waals surface area contributed by atoms with Gasteiger partial charge in [-0.15, -0.1) is 11.3 Å². The van der Waals surface area contributed by atoms with Crippen LogP contribution in [0.4, 0.5) is 0 Å². The van der Waals surface area contributed by atoms with Gasteiger partial charge in [0.15, 0.2) is 0 Å². The third kappa shape index (κ3) is 4.71. The summed E-state index contributed by atoms with van der Waals surface area (Å²) in [7, 11) is 0. The van der Waals surface area contributed by atoms with Crippen LogP contribution in [0.3, 0.4) is 0 Å². The van der Waals surface area contributed by atoms with Gasteiger partial charge in [-0.05, 0) is 24.2 Å². The normalized spacial score (nSPS) is 11.2. The van der Waals surface area contributed by atoms with Gasteiger partial charge in [-0.1, -0.05) is 38.1 Å². The van der Waals surface area contributed by atoms with Gasteiger partial charge in [0.25, 0.3) is 0 Å². The molecule has 1 aromatic carbocycles. The predicted molar refractivity (Wildman–Crippen MR) is 85.7 cm³/mol. The summed E-state index contributed by atoms with van der Waals surface area (Å²) < 4.78 is 0. The van der Waals surface area contributed by atoms with Gasteiger partial charge < -0.3 is 5.32 Å². The van der Waals surface area contributed by atoms with E-state index in [0.29, 0.717) is 0 Å². The van der Waals surface area contributed by atoms with E-state index < -0.39 is 0 Å². The Balaban J connectivity index is 1.79. The van der Waals surface area contributed by atoms with Crippen molar-refractivity contribution in [2.75, 3.05) is 13.1 Å². The maximum absolute atomic E-state index is 4.26. The molecule has 0 aliphatic rings. The minimum atomic E-state index is 0.846. The van der Waals surface area contributed by atoms with E-state index in [4.69, 9.17) is 0 Å². The van der Waals surface area contributed by atoms with Crippen molar-refractivity contribution in [1.29, 1.82) is 0 Å². The average Bonchev–Trinajstić information content (AvgIpc) is 2.99. The van der Waals surface area contributed by atoms with Gasteiger partial charge in [0, 0.05) is 31.2 Å². The van der Waals surface area contributed by atoms with Crippen molar-refractivity contribution >= 4 is 11.3 Å². The monoisotopic (exact) mass is 289 g/mol. The second kappa shape index (κ2) is 8.15. The lowest BCUT2D eigenvalue weighted by Gasteiger charge is -2.18. The summed E-state index contributed by atoms with van der Waals surface area (Å²) in [6.07, 6.45) is 1.85. The van der Waals surface area contributed by atoms with Gasteiger partial charge in [0.2, 0.25) is 0 Å². The summed E-state index contributed by atoms with van der Waals surface area (Å²) in [5.41, 5.74) is 2.71. The second-order valence-electron chi connectivity index (χ2n) is 4.81. The molecule has 0 amide bonds. The zero-order valence-corrected chi connectivity index (χ0v) is 13.1. The van der Waals surface area contributed by atoms with Crippen LogP contribution in [0.15, 0.2) is 35.8 Å². The Labute approximate surface area is 125 Å². The SMILES string of the molecule is CCN(CC)Cc1ccc(CNCc2nccs2)cc1. The van der Waals surface area contributed by atoms with Crippen molar-refractivity contribution in [1.82, 2.24) is 15.2 Å². The molecule has 0 radical (unpaired) electrons. The Bertz CT molecular complexity index is 475. The number of nitrogens with one attached hydrogen (secondary N) is 1. The minimum absolute atomic E-state index is 0.846. The summed E-state index contributed by atoms with van der Waals surface area (Å²) >= 11 is 1.69. The number of aromatic nitrogens is 1. The molecule has 0 unspecified atom stereocenters. The Morgan fingerprint density at radius 1 is 1.05 bits per heavy atom. The molecule has 0 aliphatic carbocycles. The van der Waals surface area contributed by atoms with Gasteiger partial charge in [-0.3, -0.25) is 4.90 Å². The molecule has 0 aliphatic heterocycles. The quantitative estimate of drug-likeness (QED) is 0.808. The van der Waals surface area contributed by atoms with Crippen LogP contribution in [0.5, 0.6) is 0 Å². The molecule has 1 heterocycles. The van der Waals surface area contributed by atoms with E-state index in [1.54, 1.807) is 11.3 Å². The molecule has 2 rings (SSSR count). The standard InChI is InChI=1S/C16H23N3S/c1-3-19(4-2)13-15-7-5-14(6-8-15)11-17-12-16-18-9-10-20-16/h5-10,17H,3-4,11-13H2,1-2H3. The summed E-state index contributed by atoms with van der Waals surface area (Å²) in [4.78, 5) is 6.69. The Morgan fingerprint density at radius 2 is 1.75 bits per heavy atom. The van der Waals surface area contributed by atoms with Crippen LogP contribution in [-0.2, 0) is 19.6 Å². The molecule has 0 saturated heterocycles. The van der Waals surface area contributed by atoms with E-state index in [9.17, 15) is 0 Å². The first-order chi connectivity index (χ1) is 9.81. The van der Waals surface area contributed by atoms with Crippen molar-refractivity contribution in [3.63, 3.8) is 0 Å². The van der Waals surface area contributed by atoms with Crippen LogP contribution in [0.1, 0.15) is 30.0 Å². The smallest absolute Gasteiger partial charge is 0.106 e. The summed E-state index contributed by atoms with van der Waals surface area (Å²) in [5.74, 6) is 0. The van der Waals surface area contributed by atoms with Crippen LogP contribution in [0, 0.1) is 0 Å². The molecule has 0 atom stereocenters. The molecule has 2 aromatic rings. The zero-order chi connectivity index (χ0) is 14.2. The number of rotatable bonds is 8. The third-order valence-electron chi connectivity index (χ3n) is 3.41. The molecular formula is C16H23N3S. The van der Waals surface area contributed by atoms with Crippen molar-refractivity contribution < 1.29 is 0 Å². The molecule has 1 N–H and O–H groups in total. The van der Waals surface area contributed by atoms with Crippen LogP contribution in [0.25, 0.3) is 0 Å². The van der Waals surface area contributed by atoms with Gasteiger partial charge in [-0.25, -0.2) is 4.98 Å². The maximum atomic E-state index is 4.26. The highest BCUT2D eigenvalue weighted by Crippen LogP contribution is 2.08. The van der Waals surface area contributed by atoms with E-state index in [1.165, 1.54) is 11.1 Å². The summed E-state index contributed by atoms with van der Waals surface area (Å²) in [5, 5.41) is 6.58. The molecule has 0 spiro atoms. The molecule has 0 saturated carbocycles. The van der Waals surface area contributed by atoms with Crippen molar-refractivity contribution in [3.8, 4) is 0 Å². The summed E-state index contributed by atoms with van der Waals surface area (Å²) in [6, 6.07) is 8.90. The largest absolute Gasteiger partial charge is 0.306 e. The number of hydrogen-bond acceptors (Lipinski definition) is 4. The first-order valence-electron chi connectivity index (χ1n) is 7.21. The molecule has 1 aromatic heterocycles. The summed E-state index contributed by atoms with van der Waals surface area (Å²) in [6.45, 7) is 9.41. The minimum Gasteiger partial charge on any atom is -0.306 e. The molecular weight excluding hydrogens is 266 g/mol. The molecule has 4 heteroatoms. The molecule has 20 heavy (non-hydrogen) atoms. The third-order valence-corrected chi connectivity index (χ3v) is 4.19. The highest BCUT2D eigenvalue weighted by Gasteiger charge is 2.01. The Hall–Kier alpha value is -1.23. The first kappa shape index (κ1) is 15.2. The average molecular weight is 289 g/mol. The zero-order valence-electron chi connectivity index (χ0n) is 12.3. The van der Waals surface area contributed by atoms with Gasteiger partial charge in [-0.2, -0.15) is 0 Å². The van der Waals surface area contributed by atoms with Crippen LogP contribution in [0.2, 0.25) is 0 Å². The van der Waals surface area contributed by atoms with Crippen LogP contribution < -0.4 is 5.32 Å². The molecule has 0 bridgehead atoms. The highest BCUT2D eigenvalue weighted by molar-refractivity contribution is 7.09. The number of hydrogen-bond donors (Lipinski definition) is 1. The van der Waals surface area contributed by atoms with E-state index in [-0.39, 0.29) is 0 Å². The molecule has 108 valence electrons. The van der Waals surface area contributed by atoms with E-state index in [0.717, 1.165) is 37.7 Å². The van der Waals surface area contributed by atoms with Crippen LogP contribution in [-0.4, -0.2) is 23.0 Å². The lowest BCUT2D eigenvalue weighted by molar-refractivity contribution is 0.296. The second-order valence-corrected chi connectivity index (χ2v) is 5.79. The van der Waals surface area contributed by atoms with Crippen LogP contribution >= 0.6 is 11.3 Å². The lowest BCUT2D eigenvalue weighted by atomic mass is 10.1. The van der Waals surface area contributed by atoms with Gasteiger partial charge in [0.1, 0.15) is 5.01 Å². The maximum Gasteiger partial charge on any atom is 0.106 e. The fraction of sp³-hybridized carbons (Fsp3) is 0.438. The van der Waals surface area contributed by atoms with Crippen molar-refractivity contribution in [3.05, 3.63) is 52.0 Å². The number of nitrogens with zero attached hydrogens (tertiary/aromatic N) is 2. The van der Waals surface area contributed by atoms with Crippen molar-refractivity contribution in [2.45, 2.75) is 33.5 Å². The highest BCUT2D eigenvalue weighted by atomic mass is 32.1. The Kier molecular flexibility index (Phi) is 6.18. The van der Waals surface area contributed by atoms with E-state index in [2.05, 4.69) is 53.3 Å². The number of thiazole rings is 1. The van der Waals surface area contributed by atoms with Gasteiger partial charge in [0.05, 0.1) is 0 Å². The van der Waals surface area contributed by atoms with E-state index >= 15 is 0 Å². The first-order valence-corrected chi connectivity index (χ1v) is 8.09. The predicted octanol–water partition coefficient (Wildman–Crippen LogP) is 3.27. The Morgan fingerprint density at radius 3 is 2.35 bits per heavy atom. The molecule has 0 fully saturated rings. The fourth-order valence-electron chi connectivity index (χ4n) is 2.12. The lowest BCUT2D eigenvalue weighted by Crippen LogP contribution is -2.22. The topological polar surface area (TPSA) is 28.2 Å². The number of benzene rings is 1.